The highest BCUT2D eigenvalue weighted by atomic mass is 79.9. The molecule has 40 heavy (non-hydrogen) atoms. The van der Waals surface area contributed by atoms with Gasteiger partial charge in [-0.3, -0.25) is 10.2 Å². The summed E-state index contributed by atoms with van der Waals surface area (Å²) in [4.78, 5) is 19.2. The van der Waals surface area contributed by atoms with Crippen molar-refractivity contribution in [2.24, 2.45) is 10.4 Å². The van der Waals surface area contributed by atoms with Gasteiger partial charge in [-0.15, -0.1) is 0 Å². The smallest absolute Gasteiger partial charge is 0.266 e. The summed E-state index contributed by atoms with van der Waals surface area (Å²) in [6, 6.07) is 25.2. The molecule has 0 bridgehead atoms. The van der Waals surface area contributed by atoms with Gasteiger partial charge in [0.05, 0.1) is 6.61 Å². The number of benzene rings is 3. The predicted molar refractivity (Wildman–Crippen MR) is 161 cm³/mol. The molecule has 1 aliphatic rings. The zero-order chi connectivity index (χ0) is 28.6. The molecule has 0 fully saturated rings. The molecule has 1 amide bonds. The van der Waals surface area contributed by atoms with Gasteiger partial charge < -0.3 is 14.6 Å². The van der Waals surface area contributed by atoms with Crippen molar-refractivity contribution >= 4 is 27.7 Å². The van der Waals surface area contributed by atoms with Crippen molar-refractivity contribution in [1.29, 1.82) is 0 Å². The van der Waals surface area contributed by atoms with E-state index in [1.54, 1.807) is 0 Å². The van der Waals surface area contributed by atoms with Crippen LogP contribution in [0, 0.1) is 5.41 Å². The van der Waals surface area contributed by atoms with Crippen LogP contribution in [0.5, 0.6) is 5.75 Å². The summed E-state index contributed by atoms with van der Waals surface area (Å²) >= 11 is 3.52. The van der Waals surface area contributed by atoms with Gasteiger partial charge >= 0.3 is 0 Å². The number of aliphatic imine (C=N–C) groups is 1. The Bertz CT molecular complexity index is 1270. The molecule has 0 spiro atoms. The lowest BCUT2D eigenvalue weighted by atomic mass is 9.82. The Labute approximate surface area is 245 Å². The van der Waals surface area contributed by atoms with E-state index >= 15 is 0 Å². The maximum absolute atomic E-state index is 14.1. The molecule has 0 aromatic heterocycles. The molecule has 0 saturated heterocycles. The van der Waals surface area contributed by atoms with Crippen LogP contribution in [0.3, 0.4) is 0 Å². The highest BCUT2D eigenvalue weighted by Gasteiger charge is 2.53. The van der Waals surface area contributed by atoms with E-state index < -0.39 is 11.6 Å². The maximum Gasteiger partial charge on any atom is 0.266 e. The minimum absolute atomic E-state index is 0.0802. The number of carbonyl (C=O) groups excluding carboxylic acids is 1. The Kier molecular flexibility index (Phi) is 10.0. The minimum atomic E-state index is -1.25. The molecule has 0 radical (unpaired) electrons. The molecule has 3 aromatic carbocycles. The predicted octanol–water partition coefficient (Wildman–Crippen LogP) is 5.77. The van der Waals surface area contributed by atoms with Crippen molar-refractivity contribution in [1.82, 2.24) is 10.9 Å². The molecular weight excluding hydrogens is 570 g/mol. The highest BCUT2D eigenvalue weighted by molar-refractivity contribution is 9.10. The fourth-order valence-electron chi connectivity index (χ4n) is 4.52. The van der Waals surface area contributed by atoms with Gasteiger partial charge in [0, 0.05) is 36.0 Å². The molecule has 2 atom stereocenters. The van der Waals surface area contributed by atoms with Crippen LogP contribution in [0.15, 0.2) is 88.3 Å². The number of aliphatic hydroxyl groups is 1. The second-order valence-corrected chi connectivity index (χ2v) is 12.1. The number of hydrogen-bond donors (Lipinski definition) is 3. The van der Waals surface area contributed by atoms with Crippen LogP contribution in [-0.4, -0.2) is 42.2 Å². The van der Waals surface area contributed by atoms with Gasteiger partial charge in [-0.25, -0.2) is 10.4 Å². The largest absolute Gasteiger partial charge is 0.494 e. The van der Waals surface area contributed by atoms with Crippen molar-refractivity contribution in [3.63, 3.8) is 0 Å². The summed E-state index contributed by atoms with van der Waals surface area (Å²) in [5, 5.41) is 9.02. The zero-order valence-electron chi connectivity index (χ0n) is 23.3. The molecular formula is C32H38BrN3O4. The Morgan fingerprint density at radius 2 is 1.75 bits per heavy atom. The van der Waals surface area contributed by atoms with E-state index in [1.165, 1.54) is 0 Å². The van der Waals surface area contributed by atoms with Crippen molar-refractivity contribution in [3.8, 4) is 5.75 Å². The van der Waals surface area contributed by atoms with Gasteiger partial charge in [-0.1, -0.05) is 79.2 Å². The number of amides is 1. The van der Waals surface area contributed by atoms with Gasteiger partial charge in [0.1, 0.15) is 5.75 Å². The van der Waals surface area contributed by atoms with Crippen molar-refractivity contribution in [2.45, 2.75) is 51.7 Å². The van der Waals surface area contributed by atoms with Gasteiger partial charge in [0.15, 0.2) is 11.6 Å². The number of hydrazine groups is 1. The maximum atomic E-state index is 14.1. The second-order valence-electron chi connectivity index (χ2n) is 11.2. The molecule has 1 aliphatic heterocycles. The highest BCUT2D eigenvalue weighted by Crippen LogP contribution is 2.42. The Morgan fingerprint density at radius 3 is 2.40 bits per heavy atom. The van der Waals surface area contributed by atoms with E-state index in [0.717, 1.165) is 27.6 Å². The third-order valence-corrected chi connectivity index (χ3v) is 7.25. The summed E-state index contributed by atoms with van der Waals surface area (Å²) in [5.41, 5.74) is 7.55. The summed E-state index contributed by atoms with van der Waals surface area (Å²) in [5.74, 6) is 0.837. The first kappa shape index (κ1) is 29.8. The van der Waals surface area contributed by atoms with Gasteiger partial charge in [-0.05, 0) is 59.4 Å². The number of ether oxygens (including phenoxy) is 2. The van der Waals surface area contributed by atoms with Crippen molar-refractivity contribution in [3.05, 3.63) is 100 Å². The van der Waals surface area contributed by atoms with Crippen LogP contribution < -0.4 is 15.6 Å². The van der Waals surface area contributed by atoms with Crippen LogP contribution in [0.25, 0.3) is 0 Å². The van der Waals surface area contributed by atoms with Crippen LogP contribution in [0.1, 0.15) is 56.4 Å². The number of nitrogens with zero attached hydrogens (tertiary/aromatic N) is 1. The summed E-state index contributed by atoms with van der Waals surface area (Å²) < 4.78 is 13.2. The quantitative estimate of drug-likeness (QED) is 0.180. The number of hydrogen-bond acceptors (Lipinski definition) is 6. The van der Waals surface area contributed by atoms with Crippen LogP contribution in [-0.2, 0) is 16.0 Å². The minimum Gasteiger partial charge on any atom is -0.494 e. The Hall–Kier alpha value is -3.20. The molecule has 3 aromatic rings. The number of rotatable bonds is 12. The van der Waals surface area contributed by atoms with Crippen LogP contribution in [0.2, 0.25) is 0 Å². The van der Waals surface area contributed by atoms with E-state index in [0.29, 0.717) is 37.6 Å². The molecule has 1 heterocycles. The fraction of sp³-hybridized carbons (Fsp3) is 0.375. The second kappa shape index (κ2) is 13.4. The fourth-order valence-corrected chi connectivity index (χ4v) is 4.78. The third-order valence-electron chi connectivity index (χ3n) is 6.72. The number of halogens is 1. The topological polar surface area (TPSA) is 92.2 Å². The van der Waals surface area contributed by atoms with Gasteiger partial charge in [0.25, 0.3) is 5.91 Å². The SMILES string of the molecule is CC(C)(C)CCNNC(=O)[C@@]1(Cc2ccccc2)N=C(c2ccc(OCCCO)cc2)O[C@H]1c1ccc(Br)cc1. The number of carbonyl (C=O) groups is 1. The van der Waals surface area contributed by atoms with Crippen LogP contribution in [0.4, 0.5) is 0 Å². The molecule has 0 saturated carbocycles. The third kappa shape index (κ3) is 7.71. The number of aliphatic hydroxyl groups excluding tert-OH is 1. The number of nitrogens with one attached hydrogen (secondary N) is 2. The normalized spacial score (nSPS) is 18.6. The van der Waals surface area contributed by atoms with E-state index in [1.807, 2.05) is 78.9 Å². The summed E-state index contributed by atoms with van der Waals surface area (Å²) in [7, 11) is 0. The average molecular weight is 609 g/mol. The Morgan fingerprint density at radius 1 is 1.05 bits per heavy atom. The van der Waals surface area contributed by atoms with Crippen molar-refractivity contribution in [2.75, 3.05) is 19.8 Å². The first-order chi connectivity index (χ1) is 19.2. The first-order valence-corrected chi connectivity index (χ1v) is 14.4. The lowest BCUT2D eigenvalue weighted by Crippen LogP contribution is -2.54. The van der Waals surface area contributed by atoms with Crippen LogP contribution >= 0.6 is 15.9 Å². The Balaban J connectivity index is 1.70. The molecule has 7 nitrogen and oxygen atoms in total. The monoisotopic (exact) mass is 607 g/mol. The molecule has 3 N–H and O–H groups in total. The standard InChI is InChI=1S/C32H38BrN3O4/c1-31(2,3)18-19-34-36-30(38)32(22-23-8-5-4-6-9-23)28(24-10-14-26(33)15-11-24)40-29(35-32)25-12-16-27(17-13-25)39-21-7-20-37/h4-6,8-17,28,34,37H,7,18-22H2,1-3H3,(H,36,38)/t28-,32-/m0/s1. The molecule has 4 rings (SSSR count). The molecule has 0 unspecified atom stereocenters. The van der Waals surface area contributed by atoms with E-state index in [9.17, 15) is 4.79 Å². The van der Waals surface area contributed by atoms with Crippen molar-refractivity contribution < 1.29 is 19.4 Å². The summed E-state index contributed by atoms with van der Waals surface area (Å²) in [6.07, 6.45) is 1.16. The zero-order valence-corrected chi connectivity index (χ0v) is 24.9. The van der Waals surface area contributed by atoms with E-state index in [2.05, 4.69) is 47.6 Å². The van der Waals surface area contributed by atoms with Gasteiger partial charge in [0.2, 0.25) is 5.90 Å². The summed E-state index contributed by atoms with van der Waals surface area (Å²) in [6.45, 7) is 7.65. The molecule has 0 aliphatic carbocycles. The lowest BCUT2D eigenvalue weighted by Gasteiger charge is -2.31. The van der Waals surface area contributed by atoms with E-state index in [-0.39, 0.29) is 17.9 Å². The first-order valence-electron chi connectivity index (χ1n) is 13.6. The molecule has 8 heteroatoms. The van der Waals surface area contributed by atoms with E-state index in [4.69, 9.17) is 19.6 Å². The lowest BCUT2D eigenvalue weighted by molar-refractivity contribution is -0.130. The van der Waals surface area contributed by atoms with Gasteiger partial charge in [-0.2, -0.15) is 0 Å². The average Bonchev–Trinajstić information content (AvgIpc) is 3.32. The molecule has 212 valence electrons.